The van der Waals surface area contributed by atoms with Crippen molar-refractivity contribution >= 4 is 0 Å². The van der Waals surface area contributed by atoms with Crippen LogP contribution in [0.3, 0.4) is 0 Å². The van der Waals surface area contributed by atoms with E-state index in [4.69, 9.17) is 0 Å². The lowest BCUT2D eigenvalue weighted by Crippen LogP contribution is -2.41. The van der Waals surface area contributed by atoms with Gasteiger partial charge in [0, 0.05) is 12.1 Å². The number of benzene rings is 1. The van der Waals surface area contributed by atoms with Crippen LogP contribution in [-0.4, -0.2) is 31.1 Å². The van der Waals surface area contributed by atoms with E-state index in [0.717, 1.165) is 19.5 Å². The van der Waals surface area contributed by atoms with Crippen molar-refractivity contribution in [3.05, 3.63) is 35.4 Å². The van der Waals surface area contributed by atoms with E-state index in [0.29, 0.717) is 12.1 Å². The standard InChI is InChI=1S/C18H32N2/c1-6-13-19-18(15(4)20(5)14-7-2)17-11-9-16(8-3)10-12-17/h9-12,15,18-19H,6-8,13-14H2,1-5H3. The van der Waals surface area contributed by atoms with Gasteiger partial charge in [-0.25, -0.2) is 0 Å². The zero-order valence-electron chi connectivity index (χ0n) is 13.9. The van der Waals surface area contributed by atoms with Gasteiger partial charge in [0.1, 0.15) is 0 Å². The Morgan fingerprint density at radius 3 is 2.20 bits per heavy atom. The zero-order chi connectivity index (χ0) is 15.0. The van der Waals surface area contributed by atoms with Crippen LogP contribution in [0.15, 0.2) is 24.3 Å². The maximum Gasteiger partial charge on any atom is 0.0475 e. The smallest absolute Gasteiger partial charge is 0.0475 e. The van der Waals surface area contributed by atoms with Crippen LogP contribution < -0.4 is 5.32 Å². The summed E-state index contributed by atoms with van der Waals surface area (Å²) in [4.78, 5) is 2.46. The summed E-state index contributed by atoms with van der Waals surface area (Å²) in [5.74, 6) is 0. The molecule has 1 N–H and O–H groups in total. The molecule has 0 radical (unpaired) electrons. The minimum atomic E-state index is 0.414. The molecule has 2 nitrogen and oxygen atoms in total. The fourth-order valence-corrected chi connectivity index (χ4v) is 2.64. The number of nitrogens with zero attached hydrogens (tertiary/aromatic N) is 1. The SMILES string of the molecule is CCCNC(c1ccc(CC)cc1)C(C)N(C)CCC. The van der Waals surface area contributed by atoms with Crippen molar-refractivity contribution in [2.45, 2.75) is 59.0 Å². The van der Waals surface area contributed by atoms with Gasteiger partial charge >= 0.3 is 0 Å². The molecule has 114 valence electrons. The molecular weight excluding hydrogens is 244 g/mol. The van der Waals surface area contributed by atoms with Gasteiger partial charge in [0.15, 0.2) is 0 Å². The van der Waals surface area contributed by atoms with E-state index in [-0.39, 0.29) is 0 Å². The molecule has 0 amide bonds. The van der Waals surface area contributed by atoms with Crippen molar-refractivity contribution in [2.24, 2.45) is 0 Å². The Bertz CT molecular complexity index is 358. The van der Waals surface area contributed by atoms with Crippen molar-refractivity contribution in [1.82, 2.24) is 10.2 Å². The van der Waals surface area contributed by atoms with E-state index in [1.807, 2.05) is 0 Å². The summed E-state index contributed by atoms with van der Waals surface area (Å²) in [7, 11) is 2.23. The first-order valence-electron chi connectivity index (χ1n) is 8.16. The highest BCUT2D eigenvalue weighted by Gasteiger charge is 2.21. The molecule has 0 aliphatic rings. The van der Waals surface area contributed by atoms with Crippen LogP contribution in [-0.2, 0) is 6.42 Å². The Morgan fingerprint density at radius 1 is 1.05 bits per heavy atom. The largest absolute Gasteiger partial charge is 0.309 e. The van der Waals surface area contributed by atoms with Gasteiger partial charge in [-0.1, -0.05) is 45.0 Å². The van der Waals surface area contributed by atoms with E-state index in [1.165, 1.54) is 24.0 Å². The first kappa shape index (κ1) is 17.2. The van der Waals surface area contributed by atoms with Crippen LogP contribution in [0.4, 0.5) is 0 Å². The fraction of sp³-hybridized carbons (Fsp3) is 0.667. The normalized spacial score (nSPS) is 14.5. The third kappa shape index (κ3) is 4.92. The number of hydrogen-bond donors (Lipinski definition) is 1. The molecule has 1 rings (SSSR count). The van der Waals surface area contributed by atoms with E-state index < -0.39 is 0 Å². The average Bonchev–Trinajstić information content (AvgIpc) is 2.48. The van der Waals surface area contributed by atoms with Crippen molar-refractivity contribution in [2.75, 3.05) is 20.1 Å². The Labute approximate surface area is 125 Å². The predicted molar refractivity (Wildman–Crippen MR) is 89.2 cm³/mol. The van der Waals surface area contributed by atoms with Crippen LogP contribution in [0.25, 0.3) is 0 Å². The van der Waals surface area contributed by atoms with Gasteiger partial charge in [0.05, 0.1) is 0 Å². The second kappa shape index (κ2) is 9.15. The van der Waals surface area contributed by atoms with Crippen LogP contribution in [0, 0.1) is 0 Å². The Balaban J connectivity index is 2.85. The number of nitrogens with one attached hydrogen (secondary N) is 1. The van der Waals surface area contributed by atoms with E-state index in [2.05, 4.69) is 69.2 Å². The molecule has 2 heteroatoms. The maximum atomic E-state index is 3.72. The Morgan fingerprint density at radius 2 is 1.70 bits per heavy atom. The van der Waals surface area contributed by atoms with Gasteiger partial charge in [-0.15, -0.1) is 0 Å². The highest BCUT2D eigenvalue weighted by atomic mass is 15.2. The highest BCUT2D eigenvalue weighted by molar-refractivity contribution is 5.26. The predicted octanol–water partition coefficient (Wildman–Crippen LogP) is 4.02. The summed E-state index contributed by atoms with van der Waals surface area (Å²) in [5, 5.41) is 3.72. The molecule has 2 unspecified atom stereocenters. The van der Waals surface area contributed by atoms with Gasteiger partial charge < -0.3 is 10.2 Å². The summed E-state index contributed by atoms with van der Waals surface area (Å²) in [6, 6.07) is 10.0. The number of rotatable bonds is 9. The fourth-order valence-electron chi connectivity index (χ4n) is 2.64. The second-order valence-electron chi connectivity index (χ2n) is 5.75. The number of aryl methyl sites for hydroxylation is 1. The molecular formula is C18H32N2. The van der Waals surface area contributed by atoms with E-state index >= 15 is 0 Å². The zero-order valence-corrected chi connectivity index (χ0v) is 13.9. The van der Waals surface area contributed by atoms with Crippen molar-refractivity contribution in [3.63, 3.8) is 0 Å². The molecule has 0 saturated heterocycles. The lowest BCUT2D eigenvalue weighted by Gasteiger charge is -2.33. The topological polar surface area (TPSA) is 15.3 Å². The van der Waals surface area contributed by atoms with Gasteiger partial charge in [-0.3, -0.25) is 0 Å². The molecule has 1 aromatic rings. The third-order valence-electron chi connectivity index (χ3n) is 4.12. The molecule has 0 saturated carbocycles. The monoisotopic (exact) mass is 276 g/mol. The highest BCUT2D eigenvalue weighted by Crippen LogP contribution is 2.21. The van der Waals surface area contributed by atoms with E-state index in [9.17, 15) is 0 Å². The summed E-state index contributed by atoms with van der Waals surface area (Å²) < 4.78 is 0. The summed E-state index contributed by atoms with van der Waals surface area (Å²) in [6.07, 6.45) is 3.49. The van der Waals surface area contributed by atoms with Gasteiger partial charge in [0.2, 0.25) is 0 Å². The lowest BCUT2D eigenvalue weighted by molar-refractivity contribution is 0.207. The van der Waals surface area contributed by atoms with Crippen molar-refractivity contribution in [1.29, 1.82) is 0 Å². The second-order valence-corrected chi connectivity index (χ2v) is 5.75. The Kier molecular flexibility index (Phi) is 7.86. The number of hydrogen-bond acceptors (Lipinski definition) is 2. The summed E-state index contributed by atoms with van der Waals surface area (Å²) in [6.45, 7) is 11.2. The minimum absolute atomic E-state index is 0.414. The third-order valence-corrected chi connectivity index (χ3v) is 4.12. The molecule has 2 atom stereocenters. The first-order chi connectivity index (χ1) is 9.63. The molecule has 0 heterocycles. The molecule has 0 aliphatic carbocycles. The van der Waals surface area contributed by atoms with Gasteiger partial charge in [-0.05, 0) is 57.5 Å². The number of likely N-dealkylation sites (N-methyl/N-ethyl adjacent to an activating group) is 1. The molecule has 0 fully saturated rings. The molecule has 20 heavy (non-hydrogen) atoms. The van der Waals surface area contributed by atoms with Crippen molar-refractivity contribution < 1.29 is 0 Å². The molecule has 0 aliphatic heterocycles. The lowest BCUT2D eigenvalue weighted by atomic mass is 9.97. The molecule has 0 aromatic heterocycles. The van der Waals surface area contributed by atoms with Gasteiger partial charge in [0.25, 0.3) is 0 Å². The van der Waals surface area contributed by atoms with Crippen LogP contribution in [0.2, 0.25) is 0 Å². The van der Waals surface area contributed by atoms with Crippen LogP contribution in [0.5, 0.6) is 0 Å². The van der Waals surface area contributed by atoms with Crippen LogP contribution >= 0.6 is 0 Å². The average molecular weight is 276 g/mol. The summed E-state index contributed by atoms with van der Waals surface area (Å²) >= 11 is 0. The molecule has 0 spiro atoms. The first-order valence-corrected chi connectivity index (χ1v) is 8.16. The van der Waals surface area contributed by atoms with E-state index in [1.54, 1.807) is 0 Å². The van der Waals surface area contributed by atoms with Gasteiger partial charge in [-0.2, -0.15) is 0 Å². The maximum absolute atomic E-state index is 3.72. The molecule has 0 bridgehead atoms. The summed E-state index contributed by atoms with van der Waals surface area (Å²) in [5.41, 5.74) is 2.82. The molecule has 1 aromatic carbocycles. The minimum Gasteiger partial charge on any atom is -0.309 e. The Hall–Kier alpha value is -0.860. The van der Waals surface area contributed by atoms with Crippen LogP contribution in [0.1, 0.15) is 57.7 Å². The quantitative estimate of drug-likeness (QED) is 0.733. The van der Waals surface area contributed by atoms with Crippen molar-refractivity contribution in [3.8, 4) is 0 Å².